The van der Waals surface area contributed by atoms with Gasteiger partial charge in [0.25, 0.3) is 0 Å². The van der Waals surface area contributed by atoms with Crippen molar-refractivity contribution in [1.82, 2.24) is 0 Å². The van der Waals surface area contributed by atoms with Gasteiger partial charge in [-0.3, -0.25) is 0 Å². The van der Waals surface area contributed by atoms with E-state index in [9.17, 15) is 5.11 Å². The van der Waals surface area contributed by atoms with Crippen LogP contribution in [0.25, 0.3) is 0 Å². The summed E-state index contributed by atoms with van der Waals surface area (Å²) in [7, 11) is 0. The van der Waals surface area contributed by atoms with Crippen LogP contribution < -0.4 is 5.73 Å². The molecule has 1 atom stereocenters. The second-order valence-corrected chi connectivity index (χ2v) is 3.24. The Morgan fingerprint density at radius 1 is 1.64 bits per heavy atom. The molecule has 0 unspecified atom stereocenters. The minimum Gasteiger partial charge on any atom is -0.467 e. The Labute approximate surface area is 65.8 Å². The van der Waals surface area contributed by atoms with Gasteiger partial charge in [-0.05, 0) is 26.0 Å². The van der Waals surface area contributed by atoms with Crippen molar-refractivity contribution in [3.05, 3.63) is 24.2 Å². The van der Waals surface area contributed by atoms with E-state index < -0.39 is 11.6 Å². The first-order valence-electron chi connectivity index (χ1n) is 3.52. The van der Waals surface area contributed by atoms with E-state index in [1.54, 1.807) is 26.0 Å². The quantitative estimate of drug-likeness (QED) is 0.671. The van der Waals surface area contributed by atoms with Crippen LogP contribution in [0.15, 0.2) is 22.8 Å². The summed E-state index contributed by atoms with van der Waals surface area (Å²) < 4.78 is 4.99. The number of aliphatic hydroxyl groups excluding tert-OH is 1. The van der Waals surface area contributed by atoms with E-state index in [2.05, 4.69) is 0 Å². The average molecular weight is 155 g/mol. The summed E-state index contributed by atoms with van der Waals surface area (Å²) in [6, 6.07) is 3.43. The number of rotatable bonds is 2. The largest absolute Gasteiger partial charge is 0.467 e. The van der Waals surface area contributed by atoms with E-state index in [1.165, 1.54) is 6.26 Å². The molecule has 1 aromatic rings. The molecule has 0 fully saturated rings. The Hall–Kier alpha value is -0.800. The van der Waals surface area contributed by atoms with Crippen molar-refractivity contribution in [3.63, 3.8) is 0 Å². The van der Waals surface area contributed by atoms with E-state index in [0.29, 0.717) is 5.76 Å². The molecule has 1 rings (SSSR count). The van der Waals surface area contributed by atoms with Crippen LogP contribution in [0.3, 0.4) is 0 Å². The molecule has 3 nitrogen and oxygen atoms in total. The molecule has 0 bridgehead atoms. The Morgan fingerprint density at radius 2 is 2.27 bits per heavy atom. The molecule has 1 aromatic heterocycles. The van der Waals surface area contributed by atoms with E-state index in [1.807, 2.05) is 0 Å². The average Bonchev–Trinajstić information content (AvgIpc) is 2.34. The molecule has 0 radical (unpaired) electrons. The minimum atomic E-state index is -0.738. The molecule has 62 valence electrons. The third kappa shape index (κ3) is 1.82. The zero-order valence-electron chi connectivity index (χ0n) is 6.74. The molecule has 1 heterocycles. The third-order valence-corrected chi connectivity index (χ3v) is 1.52. The van der Waals surface area contributed by atoms with Crippen molar-refractivity contribution in [2.75, 3.05) is 0 Å². The highest BCUT2D eigenvalue weighted by Gasteiger charge is 2.26. The van der Waals surface area contributed by atoms with Crippen LogP contribution in [0.2, 0.25) is 0 Å². The van der Waals surface area contributed by atoms with Gasteiger partial charge in [0, 0.05) is 5.54 Å². The standard InChI is InChI=1S/C8H13NO2/c1-8(2,9)7(10)6-4-3-5-11-6/h3-5,7,10H,9H2,1-2H3/t7-/m0/s1. The normalized spacial score (nSPS) is 14.9. The molecule has 0 amide bonds. The van der Waals surface area contributed by atoms with Gasteiger partial charge in [0.15, 0.2) is 0 Å². The van der Waals surface area contributed by atoms with E-state index in [0.717, 1.165) is 0 Å². The third-order valence-electron chi connectivity index (χ3n) is 1.52. The SMILES string of the molecule is CC(C)(N)[C@@H](O)c1ccco1. The maximum atomic E-state index is 9.53. The predicted octanol–water partition coefficient (Wildman–Crippen LogP) is 1.05. The van der Waals surface area contributed by atoms with Gasteiger partial charge in [-0.15, -0.1) is 0 Å². The van der Waals surface area contributed by atoms with E-state index in [-0.39, 0.29) is 0 Å². The molecule has 0 aliphatic rings. The van der Waals surface area contributed by atoms with Crippen molar-refractivity contribution in [3.8, 4) is 0 Å². The maximum absolute atomic E-state index is 9.53. The summed E-state index contributed by atoms with van der Waals surface area (Å²) in [4.78, 5) is 0. The monoisotopic (exact) mass is 155 g/mol. The molecule has 0 aliphatic heterocycles. The highest BCUT2D eigenvalue weighted by Crippen LogP contribution is 2.22. The zero-order chi connectivity index (χ0) is 8.48. The molecule has 0 aliphatic carbocycles. The lowest BCUT2D eigenvalue weighted by Crippen LogP contribution is -2.38. The fourth-order valence-corrected chi connectivity index (χ4v) is 0.814. The van der Waals surface area contributed by atoms with Crippen LogP contribution in [-0.4, -0.2) is 10.6 Å². The van der Waals surface area contributed by atoms with Crippen molar-refractivity contribution >= 4 is 0 Å². The number of hydrogen-bond donors (Lipinski definition) is 2. The summed E-state index contributed by atoms with van der Waals surface area (Å²) in [6.07, 6.45) is 0.780. The van der Waals surface area contributed by atoms with Crippen LogP contribution in [0.5, 0.6) is 0 Å². The molecule has 0 aromatic carbocycles. The van der Waals surface area contributed by atoms with Crippen molar-refractivity contribution < 1.29 is 9.52 Å². The molecular formula is C8H13NO2. The van der Waals surface area contributed by atoms with Gasteiger partial charge in [-0.25, -0.2) is 0 Å². The predicted molar refractivity (Wildman–Crippen MR) is 41.9 cm³/mol. The fourth-order valence-electron chi connectivity index (χ4n) is 0.814. The molecular weight excluding hydrogens is 142 g/mol. The highest BCUT2D eigenvalue weighted by molar-refractivity contribution is 5.06. The van der Waals surface area contributed by atoms with Gasteiger partial charge < -0.3 is 15.3 Å². The summed E-state index contributed by atoms with van der Waals surface area (Å²) in [5, 5.41) is 9.53. The first-order chi connectivity index (χ1) is 5.02. The first kappa shape index (κ1) is 8.30. The Bertz CT molecular complexity index is 210. The lowest BCUT2D eigenvalue weighted by molar-refractivity contribution is 0.0825. The Balaban J connectivity index is 2.78. The minimum absolute atomic E-state index is 0.512. The molecule has 0 spiro atoms. The number of hydrogen-bond acceptors (Lipinski definition) is 3. The Morgan fingerprint density at radius 3 is 2.64 bits per heavy atom. The van der Waals surface area contributed by atoms with Gasteiger partial charge in [-0.2, -0.15) is 0 Å². The first-order valence-corrected chi connectivity index (χ1v) is 3.52. The lowest BCUT2D eigenvalue weighted by atomic mass is 9.97. The van der Waals surface area contributed by atoms with Crippen LogP contribution >= 0.6 is 0 Å². The van der Waals surface area contributed by atoms with Crippen LogP contribution in [-0.2, 0) is 0 Å². The van der Waals surface area contributed by atoms with Crippen LogP contribution in [0.1, 0.15) is 25.7 Å². The molecule has 0 saturated carbocycles. The molecule has 3 heteroatoms. The van der Waals surface area contributed by atoms with Gasteiger partial charge in [0.1, 0.15) is 11.9 Å². The second-order valence-electron chi connectivity index (χ2n) is 3.24. The van der Waals surface area contributed by atoms with Crippen LogP contribution in [0.4, 0.5) is 0 Å². The van der Waals surface area contributed by atoms with E-state index >= 15 is 0 Å². The number of nitrogens with two attached hydrogens (primary N) is 1. The summed E-state index contributed by atoms with van der Waals surface area (Å²) in [6.45, 7) is 3.50. The van der Waals surface area contributed by atoms with Gasteiger partial charge in [0.2, 0.25) is 0 Å². The zero-order valence-corrected chi connectivity index (χ0v) is 6.74. The Kier molecular flexibility index (Phi) is 2.02. The van der Waals surface area contributed by atoms with E-state index in [4.69, 9.17) is 10.2 Å². The van der Waals surface area contributed by atoms with Crippen molar-refractivity contribution in [2.45, 2.75) is 25.5 Å². The lowest BCUT2D eigenvalue weighted by Gasteiger charge is -2.23. The molecule has 11 heavy (non-hydrogen) atoms. The summed E-state index contributed by atoms with van der Waals surface area (Å²) in [5.41, 5.74) is 5.01. The fraction of sp³-hybridized carbons (Fsp3) is 0.500. The van der Waals surface area contributed by atoms with Gasteiger partial charge in [0.05, 0.1) is 6.26 Å². The van der Waals surface area contributed by atoms with Gasteiger partial charge in [-0.1, -0.05) is 0 Å². The topological polar surface area (TPSA) is 59.4 Å². The highest BCUT2D eigenvalue weighted by atomic mass is 16.4. The summed E-state index contributed by atoms with van der Waals surface area (Å²) in [5.74, 6) is 0.512. The van der Waals surface area contributed by atoms with Crippen LogP contribution in [0, 0.1) is 0 Å². The van der Waals surface area contributed by atoms with Gasteiger partial charge >= 0.3 is 0 Å². The smallest absolute Gasteiger partial charge is 0.134 e. The second kappa shape index (κ2) is 2.68. The van der Waals surface area contributed by atoms with Crippen molar-refractivity contribution in [2.24, 2.45) is 5.73 Å². The number of aliphatic hydroxyl groups is 1. The number of furan rings is 1. The maximum Gasteiger partial charge on any atom is 0.134 e. The summed E-state index contributed by atoms with van der Waals surface area (Å²) >= 11 is 0. The molecule has 3 N–H and O–H groups in total. The van der Waals surface area contributed by atoms with Crippen molar-refractivity contribution in [1.29, 1.82) is 0 Å². The molecule has 0 saturated heterocycles.